The van der Waals surface area contributed by atoms with E-state index in [9.17, 15) is 19.5 Å². The Morgan fingerprint density at radius 3 is 2.53 bits per heavy atom. The van der Waals surface area contributed by atoms with Crippen molar-refractivity contribution in [2.45, 2.75) is 105 Å². The van der Waals surface area contributed by atoms with Crippen molar-refractivity contribution in [2.24, 2.45) is 46.3 Å². The number of ketones is 1. The van der Waals surface area contributed by atoms with E-state index in [4.69, 9.17) is 9.47 Å². The molecule has 0 bridgehead atoms. The van der Waals surface area contributed by atoms with Crippen molar-refractivity contribution in [1.29, 1.82) is 0 Å². The number of rotatable bonds is 7. The summed E-state index contributed by atoms with van der Waals surface area (Å²) >= 11 is 0. The molecule has 6 heteroatoms. The lowest BCUT2D eigenvalue weighted by Crippen LogP contribution is -2.58. The fourth-order valence-electron chi connectivity index (χ4n) is 9.15. The minimum Gasteiger partial charge on any atom is -0.469 e. The van der Waals surface area contributed by atoms with E-state index >= 15 is 0 Å². The lowest BCUT2D eigenvalue weighted by atomic mass is 9.45. The van der Waals surface area contributed by atoms with Crippen LogP contribution < -0.4 is 0 Å². The van der Waals surface area contributed by atoms with E-state index in [0.29, 0.717) is 37.0 Å². The number of fused-ring (bicyclic) bond motifs is 5. The van der Waals surface area contributed by atoms with E-state index in [0.717, 1.165) is 38.5 Å². The molecule has 202 valence electrons. The summed E-state index contributed by atoms with van der Waals surface area (Å²) in [5.41, 5.74) is 1.15. The maximum Gasteiger partial charge on any atom is 0.308 e. The Bertz CT molecular complexity index is 909. The van der Waals surface area contributed by atoms with Gasteiger partial charge in [0.1, 0.15) is 6.10 Å². The molecule has 0 saturated heterocycles. The van der Waals surface area contributed by atoms with Crippen molar-refractivity contribution in [3.8, 4) is 0 Å². The Hall–Kier alpha value is -1.69. The minimum atomic E-state index is -0.481. The summed E-state index contributed by atoms with van der Waals surface area (Å²) in [7, 11) is 1.41. The van der Waals surface area contributed by atoms with Crippen LogP contribution in [0, 0.1) is 46.3 Å². The average Bonchev–Trinajstić information content (AvgIpc) is 3.17. The quantitative estimate of drug-likeness (QED) is 0.478. The molecule has 0 heterocycles. The van der Waals surface area contributed by atoms with Crippen molar-refractivity contribution in [1.82, 2.24) is 0 Å². The molecule has 6 nitrogen and oxygen atoms in total. The van der Waals surface area contributed by atoms with Gasteiger partial charge in [-0.1, -0.05) is 33.3 Å². The summed E-state index contributed by atoms with van der Waals surface area (Å²) in [6.07, 6.45) is 8.87. The monoisotopic (exact) mass is 502 g/mol. The zero-order chi connectivity index (χ0) is 26.4. The maximum absolute atomic E-state index is 12.3. The van der Waals surface area contributed by atoms with Crippen molar-refractivity contribution in [3.63, 3.8) is 0 Å². The van der Waals surface area contributed by atoms with Gasteiger partial charge in [0.15, 0.2) is 5.78 Å². The summed E-state index contributed by atoms with van der Waals surface area (Å²) in [5.74, 6) is 1.21. The highest BCUT2D eigenvalue weighted by Crippen LogP contribution is 2.68. The van der Waals surface area contributed by atoms with Gasteiger partial charge in [0.05, 0.1) is 19.1 Å². The van der Waals surface area contributed by atoms with E-state index in [1.807, 2.05) is 13.0 Å². The van der Waals surface area contributed by atoms with Gasteiger partial charge < -0.3 is 14.6 Å². The largest absolute Gasteiger partial charge is 0.469 e. The molecule has 3 saturated carbocycles. The van der Waals surface area contributed by atoms with Crippen LogP contribution in [0.25, 0.3) is 0 Å². The van der Waals surface area contributed by atoms with Crippen LogP contribution in [0.4, 0.5) is 0 Å². The van der Waals surface area contributed by atoms with Gasteiger partial charge in [0.25, 0.3) is 0 Å². The highest BCUT2D eigenvalue weighted by molar-refractivity contribution is 5.91. The normalized spacial score (nSPS) is 40.1. The zero-order valence-electron chi connectivity index (χ0n) is 23.0. The van der Waals surface area contributed by atoms with Gasteiger partial charge in [-0.15, -0.1) is 0 Å². The molecule has 4 aliphatic rings. The number of aliphatic hydroxyl groups is 1. The van der Waals surface area contributed by atoms with Gasteiger partial charge in [0.2, 0.25) is 0 Å². The number of methoxy groups -OCH3 is 1. The highest BCUT2D eigenvalue weighted by atomic mass is 16.5. The topological polar surface area (TPSA) is 89.9 Å². The van der Waals surface area contributed by atoms with Crippen LogP contribution in [-0.2, 0) is 23.9 Å². The molecule has 4 aliphatic carbocycles. The second-order valence-electron chi connectivity index (χ2n) is 12.9. The predicted molar refractivity (Wildman–Crippen MR) is 137 cm³/mol. The molecule has 4 rings (SSSR count). The molecule has 0 radical (unpaired) electrons. The molecule has 10 atom stereocenters. The Morgan fingerprint density at radius 1 is 1.14 bits per heavy atom. The number of allylic oxidation sites excluding steroid dienone is 1. The Morgan fingerprint density at radius 2 is 1.86 bits per heavy atom. The number of carbonyl (C=O) groups is 3. The van der Waals surface area contributed by atoms with Gasteiger partial charge >= 0.3 is 11.9 Å². The van der Waals surface area contributed by atoms with Crippen LogP contribution in [0.5, 0.6) is 0 Å². The average molecular weight is 503 g/mol. The Balaban J connectivity index is 1.58. The number of hydrogen-bond acceptors (Lipinski definition) is 6. The third-order valence-corrected chi connectivity index (χ3v) is 11.0. The van der Waals surface area contributed by atoms with Crippen molar-refractivity contribution < 1.29 is 29.0 Å². The summed E-state index contributed by atoms with van der Waals surface area (Å²) in [6, 6.07) is 0. The Labute approximate surface area is 216 Å². The summed E-state index contributed by atoms with van der Waals surface area (Å²) in [6.45, 7) is 10.2. The smallest absolute Gasteiger partial charge is 0.308 e. The van der Waals surface area contributed by atoms with Crippen LogP contribution in [0.15, 0.2) is 11.6 Å². The zero-order valence-corrected chi connectivity index (χ0v) is 23.0. The van der Waals surface area contributed by atoms with Crippen LogP contribution >= 0.6 is 0 Å². The molecule has 0 aliphatic heterocycles. The van der Waals surface area contributed by atoms with Gasteiger partial charge in [-0.05, 0) is 91.9 Å². The molecule has 36 heavy (non-hydrogen) atoms. The fraction of sp³-hybridized carbons (Fsp3) is 0.833. The first kappa shape index (κ1) is 27.3. The number of aliphatic hydroxyl groups excluding tert-OH is 1. The number of hydrogen-bond donors (Lipinski definition) is 1. The van der Waals surface area contributed by atoms with Gasteiger partial charge in [-0.2, -0.15) is 0 Å². The first-order chi connectivity index (χ1) is 16.9. The van der Waals surface area contributed by atoms with E-state index < -0.39 is 6.10 Å². The molecule has 0 amide bonds. The van der Waals surface area contributed by atoms with Crippen molar-refractivity contribution in [2.75, 3.05) is 7.11 Å². The molecule has 0 spiro atoms. The van der Waals surface area contributed by atoms with Crippen molar-refractivity contribution >= 4 is 17.7 Å². The standard InChI is InChI=1S/C30H46O6/c1-17(28(34)35-6)7-12-25(33)18(2)23-10-11-24-22-9-8-20-15-21(32)13-14-29(20,4)27(22)26(36-19(3)31)16-30(23,24)5/h15,17-18,22-27,33H,7-14,16H2,1-6H3/t17?,18-,22?,23?,24?,25?,26+,27?,29-,30+/m0/s1. The SMILES string of the molecule is COC(=O)C(C)CCC(O)[C@@H](C)C1CCC2C3CCC4=CC(=O)CC[C@]4(C)C3[C@H](OC(C)=O)C[C@@]21C. The number of esters is 2. The summed E-state index contributed by atoms with van der Waals surface area (Å²) in [4.78, 5) is 36.3. The summed E-state index contributed by atoms with van der Waals surface area (Å²) in [5, 5.41) is 11.2. The molecule has 3 fully saturated rings. The van der Waals surface area contributed by atoms with E-state index in [1.165, 1.54) is 19.6 Å². The molecular formula is C30H46O6. The highest BCUT2D eigenvalue weighted by Gasteiger charge is 2.63. The third kappa shape index (κ3) is 4.68. The fourth-order valence-corrected chi connectivity index (χ4v) is 9.15. The van der Waals surface area contributed by atoms with Crippen LogP contribution in [-0.4, -0.2) is 42.1 Å². The van der Waals surface area contributed by atoms with Crippen molar-refractivity contribution in [3.05, 3.63) is 11.6 Å². The number of carbonyl (C=O) groups excluding carboxylic acids is 3. The first-order valence-electron chi connectivity index (χ1n) is 14.1. The van der Waals surface area contributed by atoms with Gasteiger partial charge in [0, 0.05) is 19.3 Å². The molecule has 0 aromatic heterocycles. The third-order valence-electron chi connectivity index (χ3n) is 11.0. The van der Waals surface area contributed by atoms with Crippen LogP contribution in [0.3, 0.4) is 0 Å². The minimum absolute atomic E-state index is 0.0162. The molecule has 1 N–H and O–H groups in total. The van der Waals surface area contributed by atoms with Gasteiger partial charge in [-0.25, -0.2) is 0 Å². The van der Waals surface area contributed by atoms with Crippen LogP contribution in [0.2, 0.25) is 0 Å². The second kappa shape index (κ2) is 10.2. The molecular weight excluding hydrogens is 456 g/mol. The molecule has 0 aromatic carbocycles. The van der Waals surface area contributed by atoms with Crippen LogP contribution in [0.1, 0.15) is 92.4 Å². The van der Waals surface area contributed by atoms with E-state index in [-0.39, 0.29) is 52.4 Å². The molecule has 6 unspecified atom stereocenters. The Kier molecular flexibility index (Phi) is 7.77. The number of ether oxygens (including phenoxy) is 2. The summed E-state index contributed by atoms with van der Waals surface area (Å²) < 4.78 is 11.0. The maximum atomic E-state index is 12.3. The molecule has 0 aromatic rings. The van der Waals surface area contributed by atoms with Gasteiger partial charge in [-0.3, -0.25) is 14.4 Å². The van der Waals surface area contributed by atoms with E-state index in [2.05, 4.69) is 20.8 Å². The predicted octanol–water partition coefficient (Wildman–Crippen LogP) is 5.26. The first-order valence-corrected chi connectivity index (χ1v) is 14.1. The lowest BCUT2D eigenvalue weighted by molar-refractivity contribution is -0.178. The second-order valence-corrected chi connectivity index (χ2v) is 12.9. The van der Waals surface area contributed by atoms with E-state index in [1.54, 1.807) is 0 Å². The lowest BCUT2D eigenvalue weighted by Gasteiger charge is -2.60.